The summed E-state index contributed by atoms with van der Waals surface area (Å²) in [5, 5.41) is 12.2. The molecule has 0 unspecified atom stereocenters. The molecule has 1 aromatic rings. The SMILES string of the molecule is CSCC[C@H](NC(=O)COc1ccc(Cl)cc1Cl)C(=O)O. The van der Waals surface area contributed by atoms with Crippen LogP contribution in [0.5, 0.6) is 5.75 Å². The molecule has 1 atom stereocenters. The minimum Gasteiger partial charge on any atom is -0.482 e. The van der Waals surface area contributed by atoms with Crippen LogP contribution >= 0.6 is 35.0 Å². The second kappa shape index (κ2) is 9.02. The van der Waals surface area contributed by atoms with E-state index in [1.807, 2.05) is 6.26 Å². The normalized spacial score (nSPS) is 11.8. The van der Waals surface area contributed by atoms with E-state index in [1.165, 1.54) is 17.8 Å². The van der Waals surface area contributed by atoms with Gasteiger partial charge in [0.05, 0.1) is 5.02 Å². The Labute approximate surface area is 136 Å². The number of carboxylic acids is 1. The van der Waals surface area contributed by atoms with Gasteiger partial charge in [0.25, 0.3) is 5.91 Å². The van der Waals surface area contributed by atoms with E-state index in [-0.39, 0.29) is 11.6 Å². The van der Waals surface area contributed by atoms with Crippen molar-refractivity contribution in [3.05, 3.63) is 28.2 Å². The number of hydrogen-bond acceptors (Lipinski definition) is 4. The van der Waals surface area contributed by atoms with Crippen molar-refractivity contribution in [2.75, 3.05) is 18.6 Å². The van der Waals surface area contributed by atoms with Crippen molar-refractivity contribution in [1.82, 2.24) is 5.32 Å². The quantitative estimate of drug-likeness (QED) is 0.752. The standard InChI is InChI=1S/C13H15Cl2NO4S/c1-21-5-4-10(13(18)19)16-12(17)7-20-11-3-2-8(14)6-9(11)15/h2-3,6,10H,4-5,7H2,1H3,(H,16,17)(H,18,19)/t10-/m0/s1. The smallest absolute Gasteiger partial charge is 0.326 e. The van der Waals surface area contributed by atoms with Gasteiger partial charge in [-0.2, -0.15) is 11.8 Å². The molecule has 0 saturated carbocycles. The van der Waals surface area contributed by atoms with Gasteiger partial charge in [0, 0.05) is 5.02 Å². The molecule has 1 aromatic carbocycles. The second-order valence-electron chi connectivity index (χ2n) is 4.10. The Hall–Kier alpha value is -1.11. The van der Waals surface area contributed by atoms with Gasteiger partial charge in [0.2, 0.25) is 0 Å². The van der Waals surface area contributed by atoms with E-state index >= 15 is 0 Å². The van der Waals surface area contributed by atoms with Crippen LogP contribution < -0.4 is 10.1 Å². The van der Waals surface area contributed by atoms with Gasteiger partial charge >= 0.3 is 5.97 Å². The van der Waals surface area contributed by atoms with Crippen molar-refractivity contribution in [3.63, 3.8) is 0 Å². The number of amides is 1. The van der Waals surface area contributed by atoms with Crippen molar-refractivity contribution in [1.29, 1.82) is 0 Å². The number of carboxylic acid groups (broad SMARTS) is 1. The Morgan fingerprint density at radius 3 is 2.71 bits per heavy atom. The van der Waals surface area contributed by atoms with Gasteiger partial charge in [0.15, 0.2) is 6.61 Å². The lowest BCUT2D eigenvalue weighted by Gasteiger charge is -2.14. The fraction of sp³-hybridized carbons (Fsp3) is 0.385. The minimum atomic E-state index is -1.07. The average Bonchev–Trinajstić information content (AvgIpc) is 2.42. The molecule has 0 fully saturated rings. The number of halogens is 2. The van der Waals surface area contributed by atoms with Gasteiger partial charge in [-0.25, -0.2) is 4.79 Å². The van der Waals surface area contributed by atoms with E-state index < -0.39 is 17.9 Å². The maximum atomic E-state index is 11.7. The zero-order chi connectivity index (χ0) is 15.8. The van der Waals surface area contributed by atoms with E-state index in [2.05, 4.69) is 5.32 Å². The first kappa shape index (κ1) is 17.9. The first-order chi connectivity index (χ1) is 9.93. The highest BCUT2D eigenvalue weighted by molar-refractivity contribution is 7.98. The molecule has 0 aromatic heterocycles. The molecule has 0 bridgehead atoms. The van der Waals surface area contributed by atoms with Crippen LogP contribution in [0.15, 0.2) is 18.2 Å². The molecular weight excluding hydrogens is 337 g/mol. The Morgan fingerprint density at radius 1 is 1.43 bits per heavy atom. The lowest BCUT2D eigenvalue weighted by Crippen LogP contribution is -2.43. The average molecular weight is 352 g/mol. The highest BCUT2D eigenvalue weighted by Crippen LogP contribution is 2.27. The molecule has 0 heterocycles. The predicted molar refractivity (Wildman–Crippen MR) is 84.5 cm³/mol. The molecule has 5 nitrogen and oxygen atoms in total. The summed E-state index contributed by atoms with van der Waals surface area (Å²) in [6.45, 7) is -0.315. The van der Waals surface area contributed by atoms with Crippen LogP contribution in [0.3, 0.4) is 0 Å². The number of carbonyl (C=O) groups excluding carboxylic acids is 1. The van der Waals surface area contributed by atoms with Crippen molar-refractivity contribution >= 4 is 46.8 Å². The monoisotopic (exact) mass is 351 g/mol. The topological polar surface area (TPSA) is 75.6 Å². The van der Waals surface area contributed by atoms with E-state index in [9.17, 15) is 9.59 Å². The van der Waals surface area contributed by atoms with E-state index in [0.717, 1.165) is 0 Å². The van der Waals surface area contributed by atoms with Gasteiger partial charge < -0.3 is 15.2 Å². The number of aliphatic carboxylic acids is 1. The largest absolute Gasteiger partial charge is 0.482 e. The Bertz CT molecular complexity index is 513. The molecule has 0 aliphatic rings. The summed E-state index contributed by atoms with van der Waals surface area (Å²) in [7, 11) is 0. The Morgan fingerprint density at radius 2 is 2.14 bits per heavy atom. The van der Waals surface area contributed by atoms with Gasteiger partial charge in [0.1, 0.15) is 11.8 Å². The first-order valence-corrected chi connectivity index (χ1v) is 8.18. The molecule has 0 aliphatic heterocycles. The van der Waals surface area contributed by atoms with Gasteiger partial charge in [-0.1, -0.05) is 23.2 Å². The number of nitrogens with one attached hydrogen (secondary N) is 1. The molecule has 0 saturated heterocycles. The second-order valence-corrected chi connectivity index (χ2v) is 5.93. The number of ether oxygens (including phenoxy) is 1. The molecular formula is C13H15Cl2NO4S. The number of thioether (sulfide) groups is 1. The van der Waals surface area contributed by atoms with Gasteiger partial charge in [-0.3, -0.25) is 4.79 Å². The summed E-state index contributed by atoms with van der Waals surface area (Å²) in [5.74, 6) is -0.634. The van der Waals surface area contributed by atoms with E-state index in [4.69, 9.17) is 33.0 Å². The number of carbonyl (C=O) groups is 2. The zero-order valence-electron chi connectivity index (χ0n) is 11.3. The molecule has 8 heteroatoms. The molecule has 21 heavy (non-hydrogen) atoms. The first-order valence-electron chi connectivity index (χ1n) is 6.03. The third kappa shape index (κ3) is 6.46. The van der Waals surface area contributed by atoms with Crippen LogP contribution in [0.1, 0.15) is 6.42 Å². The van der Waals surface area contributed by atoms with E-state index in [0.29, 0.717) is 22.9 Å². The van der Waals surface area contributed by atoms with Crippen LogP contribution in [-0.2, 0) is 9.59 Å². The molecule has 1 rings (SSSR count). The Balaban J connectivity index is 2.50. The number of rotatable bonds is 8. The molecule has 0 aliphatic carbocycles. The zero-order valence-corrected chi connectivity index (χ0v) is 13.6. The summed E-state index contributed by atoms with van der Waals surface area (Å²) >= 11 is 13.2. The Kier molecular flexibility index (Phi) is 7.71. The molecule has 116 valence electrons. The molecule has 2 N–H and O–H groups in total. The third-order valence-electron chi connectivity index (χ3n) is 2.50. The van der Waals surface area contributed by atoms with Crippen LogP contribution in [0.25, 0.3) is 0 Å². The molecule has 1 amide bonds. The van der Waals surface area contributed by atoms with E-state index in [1.54, 1.807) is 12.1 Å². The summed E-state index contributed by atoms with van der Waals surface area (Å²) in [5.41, 5.74) is 0. The fourth-order valence-electron chi connectivity index (χ4n) is 1.46. The van der Waals surface area contributed by atoms with Crippen LogP contribution in [0, 0.1) is 0 Å². The maximum absolute atomic E-state index is 11.7. The van der Waals surface area contributed by atoms with Crippen LogP contribution in [0.2, 0.25) is 10.0 Å². The minimum absolute atomic E-state index is 0.285. The lowest BCUT2D eigenvalue weighted by atomic mass is 10.2. The predicted octanol–water partition coefficient (Wildman–Crippen LogP) is 2.69. The highest BCUT2D eigenvalue weighted by Gasteiger charge is 2.19. The van der Waals surface area contributed by atoms with Crippen molar-refractivity contribution in [3.8, 4) is 5.75 Å². The van der Waals surface area contributed by atoms with Crippen LogP contribution in [0.4, 0.5) is 0 Å². The van der Waals surface area contributed by atoms with Gasteiger partial charge in [-0.05, 0) is 36.6 Å². The summed E-state index contributed by atoms with van der Waals surface area (Å²) in [4.78, 5) is 22.7. The summed E-state index contributed by atoms with van der Waals surface area (Å²) in [6, 6.07) is 3.70. The lowest BCUT2D eigenvalue weighted by molar-refractivity contribution is -0.142. The summed E-state index contributed by atoms with van der Waals surface area (Å²) in [6.07, 6.45) is 2.22. The summed E-state index contributed by atoms with van der Waals surface area (Å²) < 4.78 is 5.24. The van der Waals surface area contributed by atoms with Crippen molar-refractivity contribution in [2.45, 2.75) is 12.5 Å². The van der Waals surface area contributed by atoms with Gasteiger partial charge in [-0.15, -0.1) is 0 Å². The van der Waals surface area contributed by atoms with Crippen molar-refractivity contribution < 1.29 is 19.4 Å². The van der Waals surface area contributed by atoms with Crippen LogP contribution in [-0.4, -0.2) is 41.6 Å². The van der Waals surface area contributed by atoms with Crippen molar-refractivity contribution in [2.24, 2.45) is 0 Å². The highest BCUT2D eigenvalue weighted by atomic mass is 35.5. The molecule has 0 radical (unpaired) electrons. The third-order valence-corrected chi connectivity index (χ3v) is 3.67. The number of benzene rings is 1. The molecule has 0 spiro atoms. The number of hydrogen-bond donors (Lipinski definition) is 2. The maximum Gasteiger partial charge on any atom is 0.326 e. The fourth-order valence-corrected chi connectivity index (χ4v) is 2.40.